The van der Waals surface area contributed by atoms with Crippen molar-refractivity contribution in [1.29, 1.82) is 0 Å². The van der Waals surface area contributed by atoms with Crippen molar-refractivity contribution in [2.45, 2.75) is 46.5 Å². The van der Waals surface area contributed by atoms with Crippen LogP contribution in [-0.4, -0.2) is 19.3 Å². The average Bonchev–Trinajstić information content (AvgIpc) is 3.64. The Morgan fingerprint density at radius 2 is 1.50 bits per heavy atom. The van der Waals surface area contributed by atoms with Crippen molar-refractivity contribution in [3.05, 3.63) is 132 Å². The number of para-hydroxylation sites is 1. The first-order valence-electron chi connectivity index (χ1n) is 15.3. The second-order valence-electron chi connectivity index (χ2n) is 12.1. The largest absolute Gasteiger partial charge is 0.457 e. The van der Waals surface area contributed by atoms with Gasteiger partial charge in [-0.3, -0.25) is 4.57 Å². The van der Waals surface area contributed by atoms with Crippen LogP contribution in [0.2, 0.25) is 0 Å². The summed E-state index contributed by atoms with van der Waals surface area (Å²) in [6.45, 7) is 11.1. The van der Waals surface area contributed by atoms with Crippen LogP contribution in [0.15, 0.2) is 116 Å². The first kappa shape index (κ1) is 27.7. The number of hydrogen-bond donors (Lipinski definition) is 0. The molecule has 0 amide bonds. The van der Waals surface area contributed by atoms with Gasteiger partial charge in [0.15, 0.2) is 0 Å². The van der Waals surface area contributed by atoms with Crippen LogP contribution in [0.25, 0.3) is 44.4 Å². The van der Waals surface area contributed by atoms with E-state index in [0.29, 0.717) is 11.8 Å². The van der Waals surface area contributed by atoms with Gasteiger partial charge >= 0.3 is 0 Å². The lowest BCUT2D eigenvalue weighted by Crippen LogP contribution is -1.99. The van der Waals surface area contributed by atoms with Crippen LogP contribution in [0.4, 0.5) is 0 Å². The lowest BCUT2D eigenvalue weighted by molar-refractivity contribution is 0.483. The lowest BCUT2D eigenvalue weighted by atomic mass is 9.91. The maximum Gasteiger partial charge on any atom is 0.137 e. The van der Waals surface area contributed by atoms with Crippen molar-refractivity contribution in [2.24, 2.45) is 0 Å². The summed E-state index contributed by atoms with van der Waals surface area (Å²) in [4.78, 5) is 4.78. The molecule has 0 radical (unpaired) electrons. The molecule has 0 spiro atoms. The molecule has 0 aliphatic rings. The van der Waals surface area contributed by atoms with Gasteiger partial charge in [-0.15, -0.1) is 0 Å². The molecule has 0 N–H and O–H groups in total. The Bertz CT molecular complexity index is 2130. The van der Waals surface area contributed by atoms with E-state index in [2.05, 4.69) is 118 Å². The van der Waals surface area contributed by atoms with Crippen LogP contribution < -0.4 is 4.74 Å². The van der Waals surface area contributed by atoms with Crippen LogP contribution >= 0.6 is 0 Å². The molecule has 7 aromatic rings. The molecule has 0 aliphatic heterocycles. The van der Waals surface area contributed by atoms with Gasteiger partial charge in [-0.25, -0.2) is 9.67 Å². The van der Waals surface area contributed by atoms with Gasteiger partial charge in [-0.05, 0) is 83.5 Å². The Kier molecular flexibility index (Phi) is 7.01. The first-order chi connectivity index (χ1) is 21.4. The van der Waals surface area contributed by atoms with E-state index in [4.69, 9.17) is 14.8 Å². The smallest absolute Gasteiger partial charge is 0.137 e. The van der Waals surface area contributed by atoms with Crippen LogP contribution in [0.3, 0.4) is 0 Å². The molecule has 0 fully saturated rings. The van der Waals surface area contributed by atoms with Gasteiger partial charge < -0.3 is 4.74 Å². The van der Waals surface area contributed by atoms with Crippen molar-refractivity contribution in [3.63, 3.8) is 0 Å². The first-order valence-corrected chi connectivity index (χ1v) is 15.3. The number of fused-ring (bicyclic) bond motifs is 3. The normalized spacial score (nSPS) is 11.7. The minimum absolute atomic E-state index is 0.413. The number of nitrogens with zero attached hydrogens (tertiary/aromatic N) is 4. The molecule has 0 atom stereocenters. The van der Waals surface area contributed by atoms with Gasteiger partial charge in [-0.2, -0.15) is 5.10 Å². The molecule has 3 aromatic heterocycles. The van der Waals surface area contributed by atoms with Gasteiger partial charge in [0.25, 0.3) is 0 Å². The van der Waals surface area contributed by atoms with E-state index in [1.54, 1.807) is 0 Å². The van der Waals surface area contributed by atoms with Crippen LogP contribution in [0, 0.1) is 6.92 Å². The molecule has 0 saturated heterocycles. The zero-order valence-corrected chi connectivity index (χ0v) is 25.8. The lowest BCUT2D eigenvalue weighted by Gasteiger charge is -2.14. The summed E-state index contributed by atoms with van der Waals surface area (Å²) in [6.07, 6.45) is 5.97. The molecule has 218 valence electrons. The second kappa shape index (κ2) is 11.2. The van der Waals surface area contributed by atoms with Crippen LogP contribution in [-0.2, 0) is 0 Å². The Morgan fingerprint density at radius 3 is 2.34 bits per heavy atom. The summed E-state index contributed by atoms with van der Waals surface area (Å²) in [5, 5.41) is 7.09. The van der Waals surface area contributed by atoms with Crippen LogP contribution in [0.5, 0.6) is 11.5 Å². The molecule has 0 saturated carbocycles. The van der Waals surface area contributed by atoms with Crippen molar-refractivity contribution < 1.29 is 4.74 Å². The van der Waals surface area contributed by atoms with E-state index in [-0.39, 0.29) is 0 Å². The zero-order chi connectivity index (χ0) is 30.4. The number of hydrogen-bond acceptors (Lipinski definition) is 3. The quantitative estimate of drug-likeness (QED) is 0.190. The van der Waals surface area contributed by atoms with E-state index in [9.17, 15) is 0 Å². The Morgan fingerprint density at radius 1 is 0.705 bits per heavy atom. The Hall–Kier alpha value is -5.16. The molecule has 44 heavy (non-hydrogen) atoms. The fraction of sp³-hybridized carbons (Fsp3) is 0.179. The number of benzene rings is 4. The van der Waals surface area contributed by atoms with E-state index >= 15 is 0 Å². The van der Waals surface area contributed by atoms with E-state index in [1.165, 1.54) is 33.0 Å². The molecule has 3 heterocycles. The summed E-state index contributed by atoms with van der Waals surface area (Å²) in [5.41, 5.74) is 9.35. The van der Waals surface area contributed by atoms with E-state index in [0.717, 1.165) is 39.6 Å². The Labute approximate surface area is 258 Å². The monoisotopic (exact) mass is 576 g/mol. The Balaban J connectivity index is 1.25. The molecule has 0 unspecified atom stereocenters. The molecule has 5 nitrogen and oxygen atoms in total. The molecule has 7 rings (SSSR count). The molecular formula is C39H36N4O. The zero-order valence-electron chi connectivity index (χ0n) is 25.8. The average molecular weight is 577 g/mol. The van der Waals surface area contributed by atoms with Gasteiger partial charge in [0.1, 0.15) is 17.3 Å². The highest BCUT2D eigenvalue weighted by molar-refractivity contribution is 6.09. The van der Waals surface area contributed by atoms with Crippen molar-refractivity contribution in [1.82, 2.24) is 19.3 Å². The SMILES string of the molecule is Cc1cccc(C(C)C)c1-c1cnn(-c2cccc(Oc3ccc4c5ccccc5n(-c5cc(C(C)C)ccn5)c4c3)c2)c1. The summed E-state index contributed by atoms with van der Waals surface area (Å²) >= 11 is 0. The molecule has 5 heteroatoms. The highest BCUT2D eigenvalue weighted by Gasteiger charge is 2.16. The summed E-state index contributed by atoms with van der Waals surface area (Å²) in [6, 6.07) is 33.7. The van der Waals surface area contributed by atoms with Crippen molar-refractivity contribution in [2.75, 3.05) is 0 Å². The number of aryl methyl sites for hydroxylation is 1. The van der Waals surface area contributed by atoms with Gasteiger partial charge in [0, 0.05) is 40.9 Å². The predicted octanol–water partition coefficient (Wildman–Crippen LogP) is 10.4. The van der Waals surface area contributed by atoms with Gasteiger partial charge in [-0.1, -0.05) is 70.2 Å². The fourth-order valence-corrected chi connectivity index (χ4v) is 6.16. The highest BCUT2D eigenvalue weighted by atomic mass is 16.5. The van der Waals surface area contributed by atoms with Gasteiger partial charge in [0.2, 0.25) is 0 Å². The van der Waals surface area contributed by atoms with E-state index < -0.39 is 0 Å². The molecule has 0 bridgehead atoms. The molecule has 4 aromatic carbocycles. The van der Waals surface area contributed by atoms with Crippen molar-refractivity contribution >= 4 is 21.8 Å². The second-order valence-corrected chi connectivity index (χ2v) is 12.1. The summed E-state index contributed by atoms with van der Waals surface area (Å²) < 4.78 is 10.6. The highest BCUT2D eigenvalue weighted by Crippen LogP contribution is 2.36. The number of aromatic nitrogens is 4. The predicted molar refractivity (Wildman–Crippen MR) is 181 cm³/mol. The maximum absolute atomic E-state index is 6.48. The summed E-state index contributed by atoms with van der Waals surface area (Å²) in [5.74, 6) is 3.26. The third-order valence-corrected chi connectivity index (χ3v) is 8.43. The number of ether oxygens (including phenoxy) is 1. The maximum atomic E-state index is 6.48. The van der Waals surface area contributed by atoms with Crippen molar-refractivity contribution in [3.8, 4) is 34.1 Å². The minimum Gasteiger partial charge on any atom is -0.457 e. The van der Waals surface area contributed by atoms with Crippen LogP contribution in [0.1, 0.15) is 56.2 Å². The number of pyridine rings is 1. The summed E-state index contributed by atoms with van der Waals surface area (Å²) in [7, 11) is 0. The molecular weight excluding hydrogens is 540 g/mol. The molecule has 0 aliphatic carbocycles. The third kappa shape index (κ3) is 4.94. The minimum atomic E-state index is 0.413. The third-order valence-electron chi connectivity index (χ3n) is 8.43. The topological polar surface area (TPSA) is 44.9 Å². The van der Waals surface area contributed by atoms with E-state index in [1.807, 2.05) is 41.3 Å². The number of rotatable bonds is 7. The standard InChI is InChI=1S/C39H36N4O/c1-25(2)28-18-19-40-38(20-28)43-36-15-7-6-13-34(36)35-17-16-32(22-37(35)43)44-31-12-9-11-30(21-31)42-24-29(23-41-42)39-27(5)10-8-14-33(39)26(3)4/h6-26H,1-5H3. The fourth-order valence-electron chi connectivity index (χ4n) is 6.16. The van der Waals surface area contributed by atoms with Gasteiger partial charge in [0.05, 0.1) is 22.9 Å².